The number of carbonyl (C=O) groups is 1. The fourth-order valence-electron chi connectivity index (χ4n) is 2.49. The molecule has 25 heavy (non-hydrogen) atoms. The third-order valence-electron chi connectivity index (χ3n) is 3.58. The Hall–Kier alpha value is -3.28. The Morgan fingerprint density at radius 3 is 2.60 bits per heavy atom. The van der Waals surface area contributed by atoms with Gasteiger partial charge in [-0.15, -0.1) is 0 Å². The Labute approximate surface area is 143 Å². The molecule has 1 aromatic heterocycles. The molecule has 126 valence electrons. The van der Waals surface area contributed by atoms with Crippen LogP contribution in [0.4, 0.5) is 10.1 Å². The number of nitrogens with zero attached hydrogens (tertiary/aromatic N) is 2. The van der Waals surface area contributed by atoms with Crippen molar-refractivity contribution in [2.45, 2.75) is 13.5 Å². The lowest BCUT2D eigenvalue weighted by atomic mass is 10.2. The van der Waals surface area contributed by atoms with Gasteiger partial charge in [0.2, 0.25) is 5.91 Å². The van der Waals surface area contributed by atoms with Crippen LogP contribution in [0.3, 0.4) is 0 Å². The lowest BCUT2D eigenvalue weighted by Crippen LogP contribution is -2.29. The summed E-state index contributed by atoms with van der Waals surface area (Å²) < 4.78 is 14.5. The first-order chi connectivity index (χ1) is 12.0. The van der Waals surface area contributed by atoms with Gasteiger partial charge in [-0.25, -0.2) is 9.37 Å². The van der Waals surface area contributed by atoms with E-state index < -0.39 is 11.7 Å². The van der Waals surface area contributed by atoms with Crippen LogP contribution in [-0.4, -0.2) is 15.5 Å². The number of nitrogens with one attached hydrogen (secondary N) is 1. The normalized spacial score (nSPS) is 10.5. The van der Waals surface area contributed by atoms with Crippen LogP contribution in [0.25, 0.3) is 11.4 Å². The summed E-state index contributed by atoms with van der Waals surface area (Å²) in [5.74, 6) is -0.465. The number of halogens is 1. The number of amides is 1. The van der Waals surface area contributed by atoms with Crippen molar-refractivity contribution in [2.24, 2.45) is 0 Å². The van der Waals surface area contributed by atoms with Gasteiger partial charge in [-0.2, -0.15) is 0 Å². The highest BCUT2D eigenvalue weighted by atomic mass is 19.1. The highest BCUT2D eigenvalue weighted by Gasteiger charge is 2.13. The molecule has 3 aromatic rings. The number of anilines is 1. The summed E-state index contributed by atoms with van der Waals surface area (Å²) in [6, 6.07) is 16.1. The number of carbonyl (C=O) groups excluding carboxylic acids is 1. The minimum Gasteiger partial charge on any atom is -0.324 e. The fourth-order valence-corrected chi connectivity index (χ4v) is 2.49. The first kappa shape index (κ1) is 16.6. The number of aryl methyl sites for hydroxylation is 1. The van der Waals surface area contributed by atoms with Crippen molar-refractivity contribution in [2.75, 3.05) is 5.32 Å². The third-order valence-corrected chi connectivity index (χ3v) is 3.58. The molecule has 0 saturated carbocycles. The lowest BCUT2D eigenvalue weighted by molar-refractivity contribution is -0.116. The molecule has 5 nitrogen and oxygen atoms in total. The predicted molar refractivity (Wildman–Crippen MR) is 93.7 cm³/mol. The summed E-state index contributed by atoms with van der Waals surface area (Å²) in [7, 11) is 0. The van der Waals surface area contributed by atoms with Gasteiger partial charge in [0.1, 0.15) is 18.2 Å². The van der Waals surface area contributed by atoms with Gasteiger partial charge in [-0.1, -0.05) is 36.4 Å². The highest BCUT2D eigenvalue weighted by molar-refractivity contribution is 5.90. The number of benzene rings is 2. The lowest BCUT2D eigenvalue weighted by Gasteiger charge is -2.13. The molecule has 0 aliphatic heterocycles. The quantitative estimate of drug-likeness (QED) is 0.796. The van der Waals surface area contributed by atoms with E-state index in [0.717, 1.165) is 5.56 Å². The van der Waals surface area contributed by atoms with Crippen LogP contribution >= 0.6 is 0 Å². The van der Waals surface area contributed by atoms with E-state index >= 15 is 0 Å². The average molecular weight is 337 g/mol. The molecule has 0 unspecified atom stereocenters. The SMILES string of the molecule is Cc1cc(=O)n(CC(=O)Nc2cccc(F)c2)c(-c2ccccc2)n1. The zero-order valence-corrected chi connectivity index (χ0v) is 13.6. The highest BCUT2D eigenvalue weighted by Crippen LogP contribution is 2.16. The summed E-state index contributed by atoms with van der Waals surface area (Å²) >= 11 is 0. The van der Waals surface area contributed by atoms with Crippen molar-refractivity contribution in [3.05, 3.63) is 82.5 Å². The van der Waals surface area contributed by atoms with Crippen LogP contribution in [0.15, 0.2) is 65.5 Å². The number of hydrogen-bond donors (Lipinski definition) is 1. The molecule has 0 radical (unpaired) electrons. The Bertz CT molecular complexity index is 968. The molecule has 0 atom stereocenters. The van der Waals surface area contributed by atoms with Gasteiger partial charge in [-0.05, 0) is 25.1 Å². The van der Waals surface area contributed by atoms with Crippen molar-refractivity contribution >= 4 is 11.6 Å². The molecule has 0 spiro atoms. The number of rotatable bonds is 4. The second kappa shape index (κ2) is 7.09. The molecule has 0 aliphatic rings. The molecule has 3 rings (SSSR count). The van der Waals surface area contributed by atoms with Crippen LogP contribution < -0.4 is 10.9 Å². The maximum Gasteiger partial charge on any atom is 0.254 e. The molecule has 6 heteroatoms. The monoisotopic (exact) mass is 337 g/mol. The zero-order valence-electron chi connectivity index (χ0n) is 13.6. The molecule has 2 aromatic carbocycles. The third kappa shape index (κ3) is 3.98. The molecule has 0 bridgehead atoms. The van der Waals surface area contributed by atoms with Crippen molar-refractivity contribution in [3.8, 4) is 11.4 Å². The Balaban J connectivity index is 1.92. The molecule has 0 saturated heterocycles. The summed E-state index contributed by atoms with van der Waals surface area (Å²) in [6.07, 6.45) is 0. The first-order valence-corrected chi connectivity index (χ1v) is 7.72. The van der Waals surface area contributed by atoms with Gasteiger partial charge in [-0.3, -0.25) is 14.2 Å². The van der Waals surface area contributed by atoms with Crippen molar-refractivity contribution in [3.63, 3.8) is 0 Å². The van der Waals surface area contributed by atoms with E-state index in [4.69, 9.17) is 0 Å². The van der Waals surface area contributed by atoms with Crippen LogP contribution in [-0.2, 0) is 11.3 Å². The molecule has 0 fully saturated rings. The second-order valence-electron chi connectivity index (χ2n) is 5.57. The number of hydrogen-bond acceptors (Lipinski definition) is 3. The predicted octanol–water partition coefficient (Wildman–Crippen LogP) is 3.00. The summed E-state index contributed by atoms with van der Waals surface area (Å²) in [6.45, 7) is 1.51. The van der Waals surface area contributed by atoms with E-state index in [1.807, 2.05) is 30.3 Å². The average Bonchev–Trinajstić information content (AvgIpc) is 2.58. The van der Waals surface area contributed by atoms with Crippen molar-refractivity contribution in [1.29, 1.82) is 0 Å². The Morgan fingerprint density at radius 2 is 1.88 bits per heavy atom. The zero-order chi connectivity index (χ0) is 17.8. The molecule has 1 amide bonds. The summed E-state index contributed by atoms with van der Waals surface area (Å²) in [4.78, 5) is 29.1. The molecular formula is C19H16FN3O2. The summed E-state index contributed by atoms with van der Waals surface area (Å²) in [5.41, 5.74) is 1.33. The van der Waals surface area contributed by atoms with Gasteiger partial charge in [0.15, 0.2) is 0 Å². The van der Waals surface area contributed by atoms with Gasteiger partial charge in [0.25, 0.3) is 5.56 Å². The van der Waals surface area contributed by atoms with E-state index in [0.29, 0.717) is 17.2 Å². The van der Waals surface area contributed by atoms with Crippen molar-refractivity contribution in [1.82, 2.24) is 9.55 Å². The van der Waals surface area contributed by atoms with E-state index in [1.54, 1.807) is 13.0 Å². The fraction of sp³-hybridized carbons (Fsp3) is 0.105. The molecule has 0 aliphatic carbocycles. The smallest absolute Gasteiger partial charge is 0.254 e. The molecule has 1 heterocycles. The van der Waals surface area contributed by atoms with Crippen LogP contribution in [0, 0.1) is 12.7 Å². The van der Waals surface area contributed by atoms with Crippen LogP contribution in [0.1, 0.15) is 5.69 Å². The second-order valence-corrected chi connectivity index (χ2v) is 5.57. The first-order valence-electron chi connectivity index (χ1n) is 7.72. The van der Waals surface area contributed by atoms with Gasteiger partial charge in [0.05, 0.1) is 0 Å². The van der Waals surface area contributed by atoms with Gasteiger partial charge < -0.3 is 5.32 Å². The van der Waals surface area contributed by atoms with E-state index in [9.17, 15) is 14.0 Å². The summed E-state index contributed by atoms with van der Waals surface area (Å²) in [5, 5.41) is 2.59. The standard InChI is InChI=1S/C19H16FN3O2/c1-13-10-18(25)23(19(21-13)14-6-3-2-4-7-14)12-17(24)22-16-9-5-8-15(20)11-16/h2-11H,12H2,1H3,(H,22,24). The van der Waals surface area contributed by atoms with Crippen LogP contribution in [0.2, 0.25) is 0 Å². The van der Waals surface area contributed by atoms with Gasteiger partial charge >= 0.3 is 0 Å². The van der Waals surface area contributed by atoms with Crippen LogP contribution in [0.5, 0.6) is 0 Å². The van der Waals surface area contributed by atoms with Crippen molar-refractivity contribution < 1.29 is 9.18 Å². The molecule has 1 N–H and O–H groups in total. The van der Waals surface area contributed by atoms with E-state index in [1.165, 1.54) is 28.8 Å². The number of aromatic nitrogens is 2. The topological polar surface area (TPSA) is 64.0 Å². The minimum atomic E-state index is -0.447. The Kier molecular flexibility index (Phi) is 4.70. The molecular weight excluding hydrogens is 321 g/mol. The van der Waals surface area contributed by atoms with E-state index in [-0.39, 0.29) is 12.1 Å². The maximum absolute atomic E-state index is 13.2. The Morgan fingerprint density at radius 1 is 1.12 bits per heavy atom. The van der Waals surface area contributed by atoms with Gasteiger partial charge in [0, 0.05) is 23.0 Å². The van der Waals surface area contributed by atoms with E-state index in [2.05, 4.69) is 10.3 Å². The minimum absolute atomic E-state index is 0.215. The largest absolute Gasteiger partial charge is 0.324 e. The maximum atomic E-state index is 13.2.